The Morgan fingerprint density at radius 1 is 1.03 bits per heavy atom. The Labute approximate surface area is 182 Å². The van der Waals surface area contributed by atoms with Crippen molar-refractivity contribution in [2.75, 3.05) is 38.2 Å². The molecule has 1 fully saturated rings. The van der Waals surface area contributed by atoms with Crippen LogP contribution in [0, 0.1) is 5.82 Å². The number of aromatic amines is 1. The molecule has 4 rings (SSSR count). The summed E-state index contributed by atoms with van der Waals surface area (Å²) >= 11 is 0. The van der Waals surface area contributed by atoms with Crippen LogP contribution in [0.4, 0.5) is 10.1 Å². The number of hydrogen-bond acceptors (Lipinski definition) is 5. The number of halogens is 1. The largest absolute Gasteiger partial charge is 0.495 e. The Morgan fingerprint density at radius 3 is 2.39 bits per heavy atom. The lowest BCUT2D eigenvalue weighted by Gasteiger charge is -2.43. The van der Waals surface area contributed by atoms with Crippen LogP contribution in [0.3, 0.4) is 0 Å². The summed E-state index contributed by atoms with van der Waals surface area (Å²) in [5, 5.41) is 0.470. The monoisotopic (exact) mass is 445 g/mol. The van der Waals surface area contributed by atoms with E-state index in [1.807, 2.05) is 0 Å². The molecule has 2 aromatic carbocycles. The summed E-state index contributed by atoms with van der Waals surface area (Å²) in [7, 11) is -2.21. The minimum absolute atomic E-state index is 0.0934. The highest BCUT2D eigenvalue weighted by atomic mass is 32.2. The van der Waals surface area contributed by atoms with E-state index in [0.29, 0.717) is 16.7 Å². The Bertz CT molecular complexity index is 1210. The highest BCUT2D eigenvalue weighted by molar-refractivity contribution is 7.91. The van der Waals surface area contributed by atoms with Gasteiger partial charge in [-0.1, -0.05) is 0 Å². The number of piperazine rings is 1. The molecule has 166 valence electrons. The van der Waals surface area contributed by atoms with Gasteiger partial charge < -0.3 is 14.6 Å². The lowest BCUT2D eigenvalue weighted by molar-refractivity contribution is 0.128. The van der Waals surface area contributed by atoms with E-state index < -0.39 is 15.7 Å². The van der Waals surface area contributed by atoms with Crippen LogP contribution >= 0.6 is 0 Å². The second-order valence-corrected chi connectivity index (χ2v) is 10.7. The van der Waals surface area contributed by atoms with Crippen LogP contribution in [0.1, 0.15) is 20.8 Å². The van der Waals surface area contributed by atoms with Gasteiger partial charge in [0.2, 0.25) is 9.84 Å². The summed E-state index contributed by atoms with van der Waals surface area (Å²) in [5.41, 5.74) is 1.31. The average Bonchev–Trinajstić information content (AvgIpc) is 3.16. The molecule has 0 unspecified atom stereocenters. The molecule has 2 heterocycles. The van der Waals surface area contributed by atoms with E-state index in [1.165, 1.54) is 24.4 Å². The molecule has 0 atom stereocenters. The maximum atomic E-state index is 13.5. The second-order valence-electron chi connectivity index (χ2n) is 8.82. The molecule has 31 heavy (non-hydrogen) atoms. The number of H-pyrrole nitrogens is 1. The first kappa shape index (κ1) is 21.6. The number of nitrogens with one attached hydrogen (secondary N) is 1. The van der Waals surface area contributed by atoms with Gasteiger partial charge in [-0.05, 0) is 57.2 Å². The van der Waals surface area contributed by atoms with Gasteiger partial charge in [-0.2, -0.15) is 0 Å². The van der Waals surface area contributed by atoms with E-state index >= 15 is 0 Å². The molecule has 0 aliphatic carbocycles. The van der Waals surface area contributed by atoms with E-state index in [-0.39, 0.29) is 15.3 Å². The standard InChI is InChI=1S/C23H28FN3O3S/c1-23(2,3)27-11-9-26(10-12-27)20-14-17(6-8-21(20)30-4)31(28,29)22-15-25-19-13-16(24)5-7-18(19)22/h5-8,13-15,25H,9-12H2,1-4H3. The lowest BCUT2D eigenvalue weighted by Crippen LogP contribution is -2.53. The number of ether oxygens (including phenoxy) is 1. The Hall–Kier alpha value is -2.58. The molecule has 0 spiro atoms. The third-order valence-electron chi connectivity index (χ3n) is 5.93. The van der Waals surface area contributed by atoms with Gasteiger partial charge in [-0.25, -0.2) is 12.8 Å². The zero-order valence-electron chi connectivity index (χ0n) is 18.3. The lowest BCUT2D eigenvalue weighted by atomic mass is 10.0. The van der Waals surface area contributed by atoms with Crippen LogP contribution in [0.25, 0.3) is 10.9 Å². The average molecular weight is 446 g/mol. The molecule has 8 heteroatoms. The number of anilines is 1. The van der Waals surface area contributed by atoms with Gasteiger partial charge in [-0.3, -0.25) is 4.90 Å². The van der Waals surface area contributed by atoms with Gasteiger partial charge >= 0.3 is 0 Å². The van der Waals surface area contributed by atoms with Crippen LogP contribution in [0.5, 0.6) is 5.75 Å². The molecule has 0 saturated carbocycles. The van der Waals surface area contributed by atoms with Crippen LogP contribution in [0.2, 0.25) is 0 Å². The number of aromatic nitrogens is 1. The van der Waals surface area contributed by atoms with Gasteiger partial charge in [-0.15, -0.1) is 0 Å². The molecular weight excluding hydrogens is 417 g/mol. The van der Waals surface area contributed by atoms with Gasteiger partial charge in [0.1, 0.15) is 11.6 Å². The molecule has 1 N–H and O–H groups in total. The first-order valence-electron chi connectivity index (χ1n) is 10.3. The third kappa shape index (κ3) is 4.02. The zero-order valence-corrected chi connectivity index (χ0v) is 19.1. The fraction of sp³-hybridized carbons (Fsp3) is 0.391. The van der Waals surface area contributed by atoms with Crippen LogP contribution < -0.4 is 9.64 Å². The fourth-order valence-electron chi connectivity index (χ4n) is 4.12. The second kappa shape index (κ2) is 7.84. The summed E-state index contributed by atoms with van der Waals surface area (Å²) in [6.45, 7) is 9.93. The number of fused-ring (bicyclic) bond motifs is 1. The van der Waals surface area contributed by atoms with Crippen molar-refractivity contribution in [1.29, 1.82) is 0 Å². The Kier molecular flexibility index (Phi) is 5.47. The molecule has 1 saturated heterocycles. The number of hydrogen-bond donors (Lipinski definition) is 1. The van der Waals surface area contributed by atoms with E-state index in [9.17, 15) is 12.8 Å². The molecule has 6 nitrogen and oxygen atoms in total. The predicted molar refractivity (Wildman–Crippen MR) is 120 cm³/mol. The van der Waals surface area contributed by atoms with E-state index in [2.05, 4.69) is 35.6 Å². The minimum atomic E-state index is -3.80. The molecule has 0 bridgehead atoms. The SMILES string of the molecule is COc1ccc(S(=O)(=O)c2c[nH]c3cc(F)ccc23)cc1N1CCN(C(C)(C)C)CC1. The third-order valence-corrected chi connectivity index (χ3v) is 7.72. The summed E-state index contributed by atoms with van der Waals surface area (Å²) in [6.07, 6.45) is 1.42. The maximum Gasteiger partial charge on any atom is 0.208 e. The molecule has 1 aliphatic rings. The maximum absolute atomic E-state index is 13.5. The highest BCUT2D eigenvalue weighted by Crippen LogP contribution is 2.36. The molecule has 0 radical (unpaired) electrons. The Morgan fingerprint density at radius 2 is 1.74 bits per heavy atom. The molecular formula is C23H28FN3O3S. The topological polar surface area (TPSA) is 65.6 Å². The zero-order chi connectivity index (χ0) is 22.4. The summed E-state index contributed by atoms with van der Waals surface area (Å²) < 4.78 is 45.9. The number of rotatable bonds is 4. The first-order valence-corrected chi connectivity index (χ1v) is 11.8. The van der Waals surface area contributed by atoms with Crippen molar-refractivity contribution in [1.82, 2.24) is 9.88 Å². The van der Waals surface area contributed by atoms with Gasteiger partial charge in [0.15, 0.2) is 0 Å². The number of methoxy groups -OCH3 is 1. The van der Waals surface area contributed by atoms with Crippen LogP contribution in [0.15, 0.2) is 52.4 Å². The van der Waals surface area contributed by atoms with Crippen molar-refractivity contribution in [3.63, 3.8) is 0 Å². The van der Waals surface area contributed by atoms with Crippen molar-refractivity contribution in [3.8, 4) is 5.75 Å². The normalized spacial score (nSPS) is 16.1. The summed E-state index contributed by atoms with van der Waals surface area (Å²) in [6, 6.07) is 9.00. The van der Waals surface area contributed by atoms with E-state index in [0.717, 1.165) is 31.9 Å². The number of nitrogens with zero attached hydrogens (tertiary/aromatic N) is 2. The first-order chi connectivity index (χ1) is 14.6. The van der Waals surface area contributed by atoms with Gasteiger partial charge in [0.25, 0.3) is 0 Å². The number of benzene rings is 2. The van der Waals surface area contributed by atoms with Gasteiger partial charge in [0.05, 0.1) is 22.6 Å². The molecule has 3 aromatic rings. The van der Waals surface area contributed by atoms with Crippen LogP contribution in [-0.2, 0) is 9.84 Å². The quantitative estimate of drug-likeness (QED) is 0.656. The highest BCUT2D eigenvalue weighted by Gasteiger charge is 2.29. The van der Waals surface area contributed by atoms with Gasteiger partial charge in [0, 0.05) is 48.8 Å². The van der Waals surface area contributed by atoms with Crippen molar-refractivity contribution in [2.24, 2.45) is 0 Å². The van der Waals surface area contributed by atoms with Crippen molar-refractivity contribution in [2.45, 2.75) is 36.1 Å². The molecule has 1 aromatic heterocycles. The molecule has 0 amide bonds. The number of sulfone groups is 1. The van der Waals surface area contributed by atoms with E-state index in [4.69, 9.17) is 4.74 Å². The van der Waals surface area contributed by atoms with Crippen molar-refractivity contribution >= 4 is 26.4 Å². The molecule has 1 aliphatic heterocycles. The fourth-order valence-corrected chi connectivity index (χ4v) is 5.57. The smallest absolute Gasteiger partial charge is 0.208 e. The summed E-state index contributed by atoms with van der Waals surface area (Å²) in [4.78, 5) is 7.78. The van der Waals surface area contributed by atoms with Crippen molar-refractivity contribution < 1.29 is 17.5 Å². The van der Waals surface area contributed by atoms with Crippen LogP contribution in [-0.4, -0.2) is 57.1 Å². The minimum Gasteiger partial charge on any atom is -0.495 e. The predicted octanol–water partition coefficient (Wildman–Crippen LogP) is 4.07. The van der Waals surface area contributed by atoms with Crippen molar-refractivity contribution in [3.05, 3.63) is 48.4 Å². The van der Waals surface area contributed by atoms with E-state index in [1.54, 1.807) is 25.3 Å². The summed E-state index contributed by atoms with van der Waals surface area (Å²) in [5.74, 6) is 0.226. The Balaban J connectivity index is 1.70.